The molecular weight excluding hydrogens is 180 g/mol. The van der Waals surface area contributed by atoms with E-state index >= 15 is 0 Å². The molecule has 3 heteroatoms. The van der Waals surface area contributed by atoms with Crippen molar-refractivity contribution in [1.29, 1.82) is 0 Å². The number of carboxylic acids is 1. The summed E-state index contributed by atoms with van der Waals surface area (Å²) in [6, 6.07) is 6.66. The van der Waals surface area contributed by atoms with Gasteiger partial charge in [0.15, 0.2) is 0 Å². The molecule has 74 valence electrons. The SMILES string of the molecule is C=C(C(=O)O)C(C)c1ccccc1O. The fraction of sp³-hybridized carbons (Fsp3) is 0.182. The van der Waals surface area contributed by atoms with Gasteiger partial charge in [0.25, 0.3) is 0 Å². The maximum atomic E-state index is 10.6. The molecular formula is C11H12O3. The summed E-state index contributed by atoms with van der Waals surface area (Å²) in [4.78, 5) is 10.6. The molecule has 0 radical (unpaired) electrons. The first-order valence-electron chi connectivity index (χ1n) is 4.24. The average Bonchev–Trinajstić information content (AvgIpc) is 2.16. The number of hydrogen-bond acceptors (Lipinski definition) is 2. The molecule has 1 aromatic carbocycles. The van der Waals surface area contributed by atoms with Crippen LogP contribution in [0.4, 0.5) is 0 Å². The first-order chi connectivity index (χ1) is 6.54. The fourth-order valence-corrected chi connectivity index (χ4v) is 1.23. The summed E-state index contributed by atoms with van der Waals surface area (Å²) >= 11 is 0. The lowest BCUT2D eigenvalue weighted by Gasteiger charge is -2.12. The van der Waals surface area contributed by atoms with Crippen LogP contribution in [0.1, 0.15) is 18.4 Å². The monoisotopic (exact) mass is 192 g/mol. The highest BCUT2D eigenvalue weighted by Gasteiger charge is 2.17. The summed E-state index contributed by atoms with van der Waals surface area (Å²) in [5.74, 6) is -1.32. The van der Waals surface area contributed by atoms with Gasteiger partial charge in [-0.25, -0.2) is 4.79 Å². The van der Waals surface area contributed by atoms with Crippen molar-refractivity contribution in [1.82, 2.24) is 0 Å². The van der Waals surface area contributed by atoms with Crippen LogP contribution in [0.25, 0.3) is 0 Å². The molecule has 0 aliphatic carbocycles. The Morgan fingerprint density at radius 1 is 1.43 bits per heavy atom. The number of hydrogen-bond donors (Lipinski definition) is 2. The van der Waals surface area contributed by atoms with E-state index in [4.69, 9.17) is 5.11 Å². The van der Waals surface area contributed by atoms with E-state index < -0.39 is 5.97 Å². The molecule has 0 aliphatic heterocycles. The minimum absolute atomic E-state index is 0.0755. The van der Waals surface area contributed by atoms with Crippen LogP contribution in [-0.2, 0) is 4.79 Å². The van der Waals surface area contributed by atoms with E-state index in [1.54, 1.807) is 25.1 Å². The van der Waals surface area contributed by atoms with E-state index in [-0.39, 0.29) is 17.2 Å². The zero-order valence-corrected chi connectivity index (χ0v) is 7.90. The molecule has 0 aromatic heterocycles. The van der Waals surface area contributed by atoms with Crippen molar-refractivity contribution in [3.05, 3.63) is 42.0 Å². The Kier molecular flexibility index (Phi) is 2.92. The quantitative estimate of drug-likeness (QED) is 0.721. The van der Waals surface area contributed by atoms with Gasteiger partial charge in [0.2, 0.25) is 0 Å². The molecule has 0 amide bonds. The van der Waals surface area contributed by atoms with Crippen molar-refractivity contribution >= 4 is 5.97 Å². The van der Waals surface area contributed by atoms with Gasteiger partial charge in [0, 0.05) is 17.1 Å². The first-order valence-corrected chi connectivity index (χ1v) is 4.24. The second-order valence-corrected chi connectivity index (χ2v) is 3.11. The number of carboxylic acid groups (broad SMARTS) is 1. The molecule has 14 heavy (non-hydrogen) atoms. The highest BCUT2D eigenvalue weighted by molar-refractivity contribution is 5.87. The third-order valence-corrected chi connectivity index (χ3v) is 2.20. The Morgan fingerprint density at radius 3 is 2.50 bits per heavy atom. The second kappa shape index (κ2) is 3.96. The third-order valence-electron chi connectivity index (χ3n) is 2.20. The van der Waals surface area contributed by atoms with E-state index in [0.29, 0.717) is 5.56 Å². The molecule has 1 unspecified atom stereocenters. The smallest absolute Gasteiger partial charge is 0.331 e. The number of phenols is 1. The van der Waals surface area contributed by atoms with Crippen LogP contribution >= 0.6 is 0 Å². The summed E-state index contributed by atoms with van der Waals surface area (Å²) in [7, 11) is 0. The van der Waals surface area contributed by atoms with Crippen molar-refractivity contribution in [3.63, 3.8) is 0 Å². The lowest BCUT2D eigenvalue weighted by molar-refractivity contribution is -0.132. The molecule has 0 saturated heterocycles. The minimum Gasteiger partial charge on any atom is -0.508 e. The Bertz CT molecular complexity index is 369. The summed E-state index contributed by atoms with van der Waals surface area (Å²) < 4.78 is 0. The van der Waals surface area contributed by atoms with Gasteiger partial charge >= 0.3 is 5.97 Å². The van der Waals surface area contributed by atoms with Gasteiger partial charge in [-0.15, -0.1) is 0 Å². The van der Waals surface area contributed by atoms with Crippen molar-refractivity contribution in [2.75, 3.05) is 0 Å². The van der Waals surface area contributed by atoms with Crippen LogP contribution in [0.3, 0.4) is 0 Å². The zero-order valence-electron chi connectivity index (χ0n) is 7.90. The Labute approximate surface area is 82.3 Å². The first kappa shape index (κ1) is 10.3. The average molecular weight is 192 g/mol. The Morgan fingerprint density at radius 2 is 2.00 bits per heavy atom. The molecule has 1 rings (SSSR count). The number of aromatic hydroxyl groups is 1. The summed E-state index contributed by atoms with van der Waals surface area (Å²) in [6.45, 7) is 5.16. The second-order valence-electron chi connectivity index (χ2n) is 3.11. The molecule has 1 aromatic rings. The zero-order chi connectivity index (χ0) is 10.7. The molecule has 0 fully saturated rings. The van der Waals surface area contributed by atoms with Gasteiger partial charge in [-0.1, -0.05) is 31.7 Å². The van der Waals surface area contributed by atoms with Crippen molar-refractivity contribution in [2.45, 2.75) is 12.8 Å². The van der Waals surface area contributed by atoms with Crippen LogP contribution < -0.4 is 0 Å². The lowest BCUT2D eigenvalue weighted by Crippen LogP contribution is -2.07. The number of rotatable bonds is 3. The number of carbonyl (C=O) groups is 1. The summed E-state index contributed by atoms with van der Waals surface area (Å²) in [5, 5.41) is 18.2. The predicted molar refractivity (Wildman–Crippen MR) is 53.3 cm³/mol. The van der Waals surface area contributed by atoms with Gasteiger partial charge in [-0.05, 0) is 6.07 Å². The normalized spacial score (nSPS) is 12.1. The van der Waals surface area contributed by atoms with Crippen molar-refractivity contribution in [2.24, 2.45) is 0 Å². The largest absolute Gasteiger partial charge is 0.508 e. The molecule has 2 N–H and O–H groups in total. The fourth-order valence-electron chi connectivity index (χ4n) is 1.23. The van der Waals surface area contributed by atoms with Crippen molar-refractivity contribution in [3.8, 4) is 5.75 Å². The van der Waals surface area contributed by atoms with Gasteiger partial charge < -0.3 is 10.2 Å². The molecule has 1 atom stereocenters. The number of phenolic OH excluding ortho intramolecular Hbond substituents is 1. The van der Waals surface area contributed by atoms with Gasteiger partial charge in [-0.3, -0.25) is 0 Å². The maximum Gasteiger partial charge on any atom is 0.331 e. The van der Waals surface area contributed by atoms with Crippen LogP contribution in [0.2, 0.25) is 0 Å². The minimum atomic E-state index is -1.04. The van der Waals surface area contributed by atoms with E-state index in [1.165, 1.54) is 6.07 Å². The summed E-state index contributed by atoms with van der Waals surface area (Å²) in [5.41, 5.74) is 0.659. The van der Waals surface area contributed by atoms with E-state index in [2.05, 4.69) is 6.58 Å². The molecule has 0 bridgehead atoms. The maximum absolute atomic E-state index is 10.6. The van der Waals surface area contributed by atoms with E-state index in [1.807, 2.05) is 0 Å². The Hall–Kier alpha value is -1.77. The van der Waals surface area contributed by atoms with Crippen molar-refractivity contribution < 1.29 is 15.0 Å². The van der Waals surface area contributed by atoms with Crippen LogP contribution in [0.15, 0.2) is 36.4 Å². The van der Waals surface area contributed by atoms with Crippen LogP contribution in [0, 0.1) is 0 Å². The Balaban J connectivity index is 3.01. The van der Waals surface area contributed by atoms with Crippen LogP contribution in [-0.4, -0.2) is 16.2 Å². The van der Waals surface area contributed by atoms with E-state index in [9.17, 15) is 9.90 Å². The standard InChI is InChI=1S/C11H12O3/c1-7(8(2)11(13)14)9-5-3-4-6-10(9)12/h3-7,12H,2H2,1H3,(H,13,14). The highest BCUT2D eigenvalue weighted by atomic mass is 16.4. The van der Waals surface area contributed by atoms with Gasteiger partial charge in [0.1, 0.15) is 5.75 Å². The molecule has 0 aliphatic rings. The lowest BCUT2D eigenvalue weighted by atomic mass is 9.93. The molecule has 0 saturated carbocycles. The number of benzene rings is 1. The summed E-state index contributed by atoms with van der Waals surface area (Å²) in [6.07, 6.45) is 0. The topological polar surface area (TPSA) is 57.5 Å². The number of aliphatic carboxylic acids is 1. The third kappa shape index (κ3) is 1.93. The number of para-hydroxylation sites is 1. The predicted octanol–water partition coefficient (Wildman–Crippen LogP) is 2.14. The molecule has 0 heterocycles. The van der Waals surface area contributed by atoms with E-state index in [0.717, 1.165) is 0 Å². The van der Waals surface area contributed by atoms with Gasteiger partial charge in [-0.2, -0.15) is 0 Å². The molecule has 3 nitrogen and oxygen atoms in total. The molecule has 0 spiro atoms. The van der Waals surface area contributed by atoms with Gasteiger partial charge in [0.05, 0.1) is 0 Å². The van der Waals surface area contributed by atoms with Crippen LogP contribution in [0.5, 0.6) is 5.75 Å². The highest BCUT2D eigenvalue weighted by Crippen LogP contribution is 2.29.